The molecule has 3 rings (SSSR count). The zero-order chi connectivity index (χ0) is 19.6. The van der Waals surface area contributed by atoms with Crippen LogP contribution in [0.1, 0.15) is 28.4 Å². The minimum Gasteiger partial charge on any atom is -0.497 e. The summed E-state index contributed by atoms with van der Waals surface area (Å²) in [6, 6.07) is 10.6. The number of carbonyl (C=O) groups excluding carboxylic acids is 2. The maximum atomic E-state index is 12.6. The molecule has 0 aliphatic carbocycles. The number of esters is 1. The van der Waals surface area contributed by atoms with Crippen LogP contribution in [0.5, 0.6) is 17.2 Å². The topological polar surface area (TPSA) is 71.1 Å². The van der Waals surface area contributed by atoms with Crippen LogP contribution in [-0.4, -0.2) is 32.1 Å². The first-order chi connectivity index (χ1) is 12.9. The molecule has 140 valence electrons. The van der Waals surface area contributed by atoms with E-state index in [4.69, 9.17) is 14.2 Å². The Labute approximate surface area is 157 Å². The molecule has 0 aromatic heterocycles. The summed E-state index contributed by atoms with van der Waals surface area (Å²) in [5.74, 6) is 1.19. The number of methoxy groups -OCH3 is 2. The SMILES string of the molecule is COC(=O)C(C)Oc1ccc2c(c1C)OC(=Cc1ccc(OC)cc1)C2=O. The summed E-state index contributed by atoms with van der Waals surface area (Å²) in [5.41, 5.74) is 1.93. The largest absolute Gasteiger partial charge is 0.497 e. The second-order valence-corrected chi connectivity index (χ2v) is 6.06. The van der Waals surface area contributed by atoms with Gasteiger partial charge < -0.3 is 18.9 Å². The number of hydrogen-bond donors (Lipinski definition) is 0. The van der Waals surface area contributed by atoms with Crippen LogP contribution in [0, 0.1) is 6.92 Å². The zero-order valence-corrected chi connectivity index (χ0v) is 15.6. The van der Waals surface area contributed by atoms with Gasteiger partial charge in [0, 0.05) is 5.56 Å². The molecule has 0 fully saturated rings. The summed E-state index contributed by atoms with van der Waals surface area (Å²) in [4.78, 5) is 24.2. The highest BCUT2D eigenvalue weighted by Crippen LogP contribution is 2.39. The lowest BCUT2D eigenvalue weighted by molar-refractivity contribution is -0.147. The van der Waals surface area contributed by atoms with E-state index >= 15 is 0 Å². The van der Waals surface area contributed by atoms with Crippen LogP contribution in [0.15, 0.2) is 42.2 Å². The number of ether oxygens (including phenoxy) is 4. The van der Waals surface area contributed by atoms with Gasteiger partial charge in [0.1, 0.15) is 17.2 Å². The van der Waals surface area contributed by atoms with Crippen molar-refractivity contribution >= 4 is 17.8 Å². The predicted molar refractivity (Wildman–Crippen MR) is 99.2 cm³/mol. The van der Waals surface area contributed by atoms with Gasteiger partial charge in [-0.2, -0.15) is 0 Å². The van der Waals surface area contributed by atoms with Gasteiger partial charge in [-0.3, -0.25) is 4.79 Å². The average molecular weight is 368 g/mol. The fourth-order valence-electron chi connectivity index (χ4n) is 2.75. The van der Waals surface area contributed by atoms with Gasteiger partial charge in [0.2, 0.25) is 5.78 Å². The monoisotopic (exact) mass is 368 g/mol. The number of rotatable bonds is 5. The summed E-state index contributed by atoms with van der Waals surface area (Å²) in [7, 11) is 2.90. The zero-order valence-electron chi connectivity index (χ0n) is 15.6. The molecule has 2 aromatic carbocycles. The summed E-state index contributed by atoms with van der Waals surface area (Å²) in [5, 5.41) is 0. The molecule has 1 heterocycles. The van der Waals surface area contributed by atoms with Crippen molar-refractivity contribution in [1.82, 2.24) is 0 Å². The van der Waals surface area contributed by atoms with E-state index in [1.807, 2.05) is 24.3 Å². The Morgan fingerprint density at radius 1 is 1.11 bits per heavy atom. The maximum absolute atomic E-state index is 12.6. The minimum absolute atomic E-state index is 0.198. The highest BCUT2D eigenvalue weighted by Gasteiger charge is 2.30. The molecule has 1 aliphatic heterocycles. The first-order valence-corrected chi connectivity index (χ1v) is 8.41. The van der Waals surface area contributed by atoms with Crippen LogP contribution >= 0.6 is 0 Å². The lowest BCUT2D eigenvalue weighted by Crippen LogP contribution is -2.25. The standard InChI is InChI=1S/C21H20O6/c1-12-17(26-13(2)21(23)25-4)10-9-16-19(22)18(27-20(12)16)11-14-5-7-15(24-3)8-6-14/h5-11,13H,1-4H3. The highest BCUT2D eigenvalue weighted by atomic mass is 16.6. The van der Waals surface area contributed by atoms with Crippen molar-refractivity contribution in [3.05, 3.63) is 58.8 Å². The molecule has 1 unspecified atom stereocenters. The smallest absolute Gasteiger partial charge is 0.346 e. The number of carbonyl (C=O) groups is 2. The first-order valence-electron chi connectivity index (χ1n) is 8.41. The summed E-state index contributed by atoms with van der Waals surface area (Å²) in [6.07, 6.45) is 0.914. The van der Waals surface area contributed by atoms with Crippen LogP contribution in [0.3, 0.4) is 0 Å². The van der Waals surface area contributed by atoms with Crippen molar-refractivity contribution in [1.29, 1.82) is 0 Å². The first kappa shape index (κ1) is 18.5. The van der Waals surface area contributed by atoms with Gasteiger partial charge in [-0.15, -0.1) is 0 Å². The Morgan fingerprint density at radius 3 is 2.44 bits per heavy atom. The van der Waals surface area contributed by atoms with E-state index in [2.05, 4.69) is 4.74 Å². The van der Waals surface area contributed by atoms with Crippen LogP contribution in [0.2, 0.25) is 0 Å². The molecule has 0 bridgehead atoms. The van der Waals surface area contributed by atoms with Crippen molar-refractivity contribution in [3.63, 3.8) is 0 Å². The molecule has 1 atom stereocenters. The van der Waals surface area contributed by atoms with Crippen LogP contribution in [0.4, 0.5) is 0 Å². The van der Waals surface area contributed by atoms with Gasteiger partial charge in [-0.25, -0.2) is 4.79 Å². The quantitative estimate of drug-likeness (QED) is 0.594. The number of benzene rings is 2. The van der Waals surface area contributed by atoms with Crippen LogP contribution in [0.25, 0.3) is 6.08 Å². The Hall–Kier alpha value is -3.28. The molecule has 0 spiro atoms. The average Bonchev–Trinajstić information content (AvgIpc) is 3.00. The maximum Gasteiger partial charge on any atom is 0.346 e. The van der Waals surface area contributed by atoms with Crippen molar-refractivity contribution in [3.8, 4) is 17.2 Å². The van der Waals surface area contributed by atoms with E-state index in [1.54, 1.807) is 39.2 Å². The van der Waals surface area contributed by atoms with Crippen LogP contribution < -0.4 is 14.2 Å². The van der Waals surface area contributed by atoms with E-state index in [1.165, 1.54) is 7.11 Å². The van der Waals surface area contributed by atoms with Gasteiger partial charge in [0.25, 0.3) is 0 Å². The van der Waals surface area contributed by atoms with Crippen molar-refractivity contribution in [2.75, 3.05) is 14.2 Å². The van der Waals surface area contributed by atoms with Gasteiger partial charge in [0.15, 0.2) is 11.9 Å². The number of fused-ring (bicyclic) bond motifs is 1. The Bertz CT molecular complexity index is 911. The lowest BCUT2D eigenvalue weighted by Gasteiger charge is -2.15. The van der Waals surface area contributed by atoms with Crippen molar-refractivity contribution in [2.24, 2.45) is 0 Å². The third-order valence-corrected chi connectivity index (χ3v) is 4.29. The molecule has 1 aliphatic rings. The normalized spacial score (nSPS) is 15.1. The second-order valence-electron chi connectivity index (χ2n) is 6.06. The van der Waals surface area contributed by atoms with Crippen molar-refractivity contribution < 1.29 is 28.5 Å². The Balaban J connectivity index is 1.87. The van der Waals surface area contributed by atoms with Gasteiger partial charge in [-0.05, 0) is 49.8 Å². The van der Waals surface area contributed by atoms with Gasteiger partial charge in [0.05, 0.1) is 19.8 Å². The number of allylic oxidation sites excluding steroid dienone is 1. The Morgan fingerprint density at radius 2 is 1.81 bits per heavy atom. The molecule has 0 saturated carbocycles. The fraction of sp³-hybridized carbons (Fsp3) is 0.238. The third-order valence-electron chi connectivity index (χ3n) is 4.29. The predicted octanol–water partition coefficient (Wildman–Crippen LogP) is 3.56. The van der Waals surface area contributed by atoms with Gasteiger partial charge in [-0.1, -0.05) is 12.1 Å². The molecule has 6 heteroatoms. The number of hydrogen-bond acceptors (Lipinski definition) is 6. The molecule has 0 amide bonds. The Kier molecular flexibility index (Phi) is 5.16. The molecule has 2 aromatic rings. The fourth-order valence-corrected chi connectivity index (χ4v) is 2.75. The highest BCUT2D eigenvalue weighted by molar-refractivity contribution is 6.15. The van der Waals surface area contributed by atoms with E-state index in [0.29, 0.717) is 22.6 Å². The molecular weight excluding hydrogens is 348 g/mol. The van der Waals surface area contributed by atoms with Crippen LogP contribution in [-0.2, 0) is 9.53 Å². The van der Waals surface area contributed by atoms with E-state index in [0.717, 1.165) is 11.3 Å². The van der Waals surface area contributed by atoms with Crippen molar-refractivity contribution in [2.45, 2.75) is 20.0 Å². The molecule has 0 saturated heterocycles. The van der Waals surface area contributed by atoms with Gasteiger partial charge >= 0.3 is 5.97 Å². The summed E-state index contributed by atoms with van der Waals surface area (Å²) >= 11 is 0. The second kappa shape index (κ2) is 7.53. The van der Waals surface area contributed by atoms with E-state index in [9.17, 15) is 9.59 Å². The number of Topliss-reactive ketones (excluding diaryl/α,β-unsaturated/α-hetero) is 1. The lowest BCUT2D eigenvalue weighted by atomic mass is 10.1. The van der Waals surface area contributed by atoms with E-state index in [-0.39, 0.29) is 11.5 Å². The molecule has 0 radical (unpaired) electrons. The molecule has 0 N–H and O–H groups in total. The minimum atomic E-state index is -0.766. The number of ketones is 1. The summed E-state index contributed by atoms with van der Waals surface area (Å²) in [6.45, 7) is 3.38. The van der Waals surface area contributed by atoms with E-state index < -0.39 is 12.1 Å². The molecule has 27 heavy (non-hydrogen) atoms. The molecule has 6 nitrogen and oxygen atoms in total. The molecular formula is C21H20O6. The summed E-state index contributed by atoms with van der Waals surface area (Å²) < 4.78 is 21.2. The third kappa shape index (κ3) is 3.65.